The van der Waals surface area contributed by atoms with Gasteiger partial charge in [-0.1, -0.05) is 11.6 Å². The lowest BCUT2D eigenvalue weighted by Crippen LogP contribution is -2.27. The van der Waals surface area contributed by atoms with E-state index in [-0.39, 0.29) is 6.03 Å². The van der Waals surface area contributed by atoms with Crippen LogP contribution in [0.25, 0.3) is 5.69 Å². The van der Waals surface area contributed by atoms with Gasteiger partial charge >= 0.3 is 6.03 Å². The van der Waals surface area contributed by atoms with Gasteiger partial charge in [0, 0.05) is 34.4 Å². The lowest BCUT2D eigenvalue weighted by atomic mass is 10.3. The maximum Gasteiger partial charge on any atom is 0.346 e. The fraction of sp³-hybridized carbons (Fsp3) is 0.375. The molecule has 1 saturated heterocycles. The second-order valence-corrected chi connectivity index (χ2v) is 7.04. The quantitative estimate of drug-likeness (QED) is 0.778. The molecule has 2 amide bonds. The largest absolute Gasteiger partial charge is 0.346 e. The van der Waals surface area contributed by atoms with Gasteiger partial charge in [-0.05, 0) is 51.0 Å². The summed E-state index contributed by atoms with van der Waals surface area (Å²) in [5.41, 5.74) is 2.07. The molecule has 22 heavy (non-hydrogen) atoms. The Hall–Kier alpha value is -1.59. The summed E-state index contributed by atoms with van der Waals surface area (Å²) >= 11 is 7.51. The average Bonchev–Trinajstić information content (AvgIpc) is 3.11. The first-order chi connectivity index (χ1) is 10.6. The van der Waals surface area contributed by atoms with Crippen LogP contribution in [-0.4, -0.2) is 28.6 Å². The molecule has 0 spiro atoms. The number of halogens is 1. The third-order valence-electron chi connectivity index (χ3n) is 3.93. The van der Waals surface area contributed by atoms with E-state index >= 15 is 0 Å². The molecule has 1 aliphatic heterocycles. The predicted molar refractivity (Wildman–Crippen MR) is 89.9 cm³/mol. The van der Waals surface area contributed by atoms with E-state index in [1.165, 1.54) is 0 Å². The number of aromatic nitrogens is 1. The lowest BCUT2D eigenvalue weighted by molar-refractivity contribution is 0.218. The second kappa shape index (κ2) is 6.26. The summed E-state index contributed by atoms with van der Waals surface area (Å²) in [6.07, 6.45) is 2.14. The van der Waals surface area contributed by atoms with Crippen molar-refractivity contribution in [3.63, 3.8) is 0 Å². The maximum absolute atomic E-state index is 12.3. The van der Waals surface area contributed by atoms with Gasteiger partial charge in [0.15, 0.2) is 4.80 Å². The summed E-state index contributed by atoms with van der Waals surface area (Å²) in [7, 11) is 0. The van der Waals surface area contributed by atoms with Gasteiger partial charge in [-0.3, -0.25) is 4.57 Å². The monoisotopic (exact) mass is 335 g/mol. The molecular weight excluding hydrogens is 318 g/mol. The highest BCUT2D eigenvalue weighted by Gasteiger charge is 2.18. The molecule has 0 atom stereocenters. The summed E-state index contributed by atoms with van der Waals surface area (Å²) in [5, 5.41) is 0.695. The van der Waals surface area contributed by atoms with Crippen molar-refractivity contribution in [3.05, 3.63) is 44.7 Å². The van der Waals surface area contributed by atoms with Crippen LogP contribution in [0.4, 0.5) is 4.79 Å². The molecule has 1 fully saturated rings. The van der Waals surface area contributed by atoms with Crippen molar-refractivity contribution in [2.45, 2.75) is 26.7 Å². The Bertz CT molecular complexity index is 755. The zero-order valence-corrected chi connectivity index (χ0v) is 14.2. The van der Waals surface area contributed by atoms with Crippen molar-refractivity contribution in [2.24, 2.45) is 4.99 Å². The average molecular weight is 336 g/mol. The molecule has 0 radical (unpaired) electrons. The van der Waals surface area contributed by atoms with E-state index in [9.17, 15) is 4.79 Å². The highest BCUT2D eigenvalue weighted by Crippen LogP contribution is 2.18. The first-order valence-electron chi connectivity index (χ1n) is 7.35. The van der Waals surface area contributed by atoms with Crippen molar-refractivity contribution in [1.82, 2.24) is 9.47 Å². The Balaban J connectivity index is 2.06. The van der Waals surface area contributed by atoms with Crippen molar-refractivity contribution in [3.8, 4) is 5.69 Å². The molecule has 2 heterocycles. The number of aryl methyl sites for hydroxylation is 1. The smallest absolute Gasteiger partial charge is 0.323 e. The summed E-state index contributed by atoms with van der Waals surface area (Å²) in [4.78, 5) is 20.3. The topological polar surface area (TPSA) is 37.6 Å². The number of hydrogen-bond donors (Lipinski definition) is 0. The van der Waals surface area contributed by atoms with Gasteiger partial charge < -0.3 is 4.90 Å². The minimum Gasteiger partial charge on any atom is -0.323 e. The van der Waals surface area contributed by atoms with Crippen LogP contribution in [-0.2, 0) is 0 Å². The standard InChI is InChI=1S/C16H18ClN3OS/c1-11-12(2)22-16(18-15(21)19-9-3-4-10-19)20(11)14-7-5-13(17)6-8-14/h5-8H,3-4,9-10H2,1-2H3/b18-16-. The Labute approximate surface area is 138 Å². The maximum atomic E-state index is 12.3. The Morgan fingerprint density at radius 2 is 1.82 bits per heavy atom. The minimum atomic E-state index is -0.138. The molecule has 0 bridgehead atoms. The van der Waals surface area contributed by atoms with Gasteiger partial charge in [0.25, 0.3) is 0 Å². The Morgan fingerprint density at radius 3 is 2.45 bits per heavy atom. The molecule has 4 nitrogen and oxygen atoms in total. The number of urea groups is 1. The molecule has 1 aromatic carbocycles. The molecule has 6 heteroatoms. The first kappa shape index (κ1) is 15.3. The number of rotatable bonds is 1. The number of likely N-dealkylation sites (tertiary alicyclic amines) is 1. The highest BCUT2D eigenvalue weighted by atomic mass is 35.5. The van der Waals surface area contributed by atoms with E-state index in [4.69, 9.17) is 11.6 Å². The molecule has 1 aromatic heterocycles. The van der Waals surface area contributed by atoms with Gasteiger partial charge in [-0.25, -0.2) is 4.79 Å². The van der Waals surface area contributed by atoms with Crippen molar-refractivity contribution < 1.29 is 4.79 Å². The zero-order valence-electron chi connectivity index (χ0n) is 12.7. The first-order valence-corrected chi connectivity index (χ1v) is 8.54. The fourth-order valence-electron chi connectivity index (χ4n) is 2.59. The number of amides is 2. The fourth-order valence-corrected chi connectivity index (χ4v) is 3.68. The summed E-state index contributed by atoms with van der Waals surface area (Å²) < 4.78 is 2.02. The number of benzene rings is 1. The van der Waals surface area contributed by atoms with Gasteiger partial charge in [-0.15, -0.1) is 11.3 Å². The molecule has 1 aliphatic rings. The zero-order chi connectivity index (χ0) is 15.7. The van der Waals surface area contributed by atoms with Gasteiger partial charge in [0.1, 0.15) is 0 Å². The summed E-state index contributed by atoms with van der Waals surface area (Å²) in [6.45, 7) is 5.71. The van der Waals surface area contributed by atoms with Crippen molar-refractivity contribution in [2.75, 3.05) is 13.1 Å². The van der Waals surface area contributed by atoms with Crippen molar-refractivity contribution in [1.29, 1.82) is 0 Å². The van der Waals surface area contributed by atoms with E-state index in [1.807, 2.05) is 47.6 Å². The van der Waals surface area contributed by atoms with Crippen LogP contribution in [0.5, 0.6) is 0 Å². The molecule has 0 unspecified atom stereocenters. The Morgan fingerprint density at radius 1 is 1.18 bits per heavy atom. The van der Waals surface area contributed by atoms with Crippen LogP contribution in [0.2, 0.25) is 5.02 Å². The van der Waals surface area contributed by atoms with Crippen LogP contribution in [0.1, 0.15) is 23.4 Å². The third-order valence-corrected chi connectivity index (χ3v) is 5.24. The lowest BCUT2D eigenvalue weighted by Gasteiger charge is -2.11. The number of carbonyl (C=O) groups is 1. The van der Waals surface area contributed by atoms with Crippen LogP contribution in [0.3, 0.4) is 0 Å². The normalized spacial score (nSPS) is 15.6. The third kappa shape index (κ3) is 2.96. The van der Waals surface area contributed by atoms with E-state index in [0.29, 0.717) is 9.82 Å². The molecular formula is C16H18ClN3OS. The predicted octanol–water partition coefficient (Wildman–Crippen LogP) is 3.93. The highest BCUT2D eigenvalue weighted by molar-refractivity contribution is 7.09. The van der Waals surface area contributed by atoms with E-state index in [0.717, 1.165) is 42.2 Å². The van der Waals surface area contributed by atoms with Crippen molar-refractivity contribution >= 4 is 29.0 Å². The van der Waals surface area contributed by atoms with Crippen LogP contribution in [0.15, 0.2) is 29.3 Å². The number of nitrogens with zero attached hydrogens (tertiary/aromatic N) is 3. The van der Waals surface area contributed by atoms with E-state index in [1.54, 1.807) is 11.3 Å². The number of thiazole rings is 1. The minimum absolute atomic E-state index is 0.138. The molecule has 116 valence electrons. The van der Waals surface area contributed by atoms with Crippen LogP contribution >= 0.6 is 22.9 Å². The van der Waals surface area contributed by atoms with Crippen LogP contribution in [0, 0.1) is 13.8 Å². The van der Waals surface area contributed by atoms with Gasteiger partial charge in [0.2, 0.25) is 0 Å². The van der Waals surface area contributed by atoms with Crippen LogP contribution < -0.4 is 4.80 Å². The molecule has 2 aromatic rings. The summed E-state index contributed by atoms with van der Waals surface area (Å²) in [5.74, 6) is 0. The second-order valence-electron chi connectivity index (χ2n) is 5.43. The Kier molecular flexibility index (Phi) is 4.36. The summed E-state index contributed by atoms with van der Waals surface area (Å²) in [6, 6.07) is 7.45. The van der Waals surface area contributed by atoms with E-state index < -0.39 is 0 Å². The molecule has 0 saturated carbocycles. The molecule has 0 aliphatic carbocycles. The van der Waals surface area contributed by atoms with Gasteiger partial charge in [0.05, 0.1) is 0 Å². The number of hydrogen-bond acceptors (Lipinski definition) is 2. The molecule has 3 rings (SSSR count). The van der Waals surface area contributed by atoms with E-state index in [2.05, 4.69) is 4.99 Å². The SMILES string of the molecule is Cc1s/c(=N\C(=O)N2CCCC2)n(-c2ccc(Cl)cc2)c1C. The molecule has 0 N–H and O–H groups in total. The number of carbonyl (C=O) groups excluding carboxylic acids is 1. The van der Waals surface area contributed by atoms with Gasteiger partial charge in [-0.2, -0.15) is 4.99 Å².